The molecule has 1 fully saturated rings. The molecular weight excluding hydrogens is 256 g/mol. The highest BCUT2D eigenvalue weighted by atomic mass is 32.1. The maximum atomic E-state index is 12.2. The van der Waals surface area contributed by atoms with Gasteiger partial charge in [0, 0.05) is 11.3 Å². The average molecular weight is 280 g/mol. The van der Waals surface area contributed by atoms with Gasteiger partial charge in [-0.1, -0.05) is 25.3 Å². The van der Waals surface area contributed by atoms with Crippen LogP contribution in [0, 0.1) is 5.41 Å². The van der Waals surface area contributed by atoms with Crippen molar-refractivity contribution in [1.82, 2.24) is 5.32 Å². The molecule has 1 saturated carbocycles. The molecule has 0 saturated heterocycles. The molecule has 0 bridgehead atoms. The zero-order chi connectivity index (χ0) is 13.7. The summed E-state index contributed by atoms with van der Waals surface area (Å²) >= 11 is 1.68. The van der Waals surface area contributed by atoms with Crippen molar-refractivity contribution in [2.24, 2.45) is 11.1 Å². The highest BCUT2D eigenvalue weighted by Gasteiger charge is 2.33. The predicted octanol–water partition coefficient (Wildman–Crippen LogP) is 3.22. The van der Waals surface area contributed by atoms with Crippen molar-refractivity contribution in [3.05, 3.63) is 22.4 Å². The SMILES string of the molecule is C[C@@H](NC(=O)CC1(CN)CCCCC1)c1cccs1. The minimum atomic E-state index is 0.0531. The van der Waals surface area contributed by atoms with Crippen molar-refractivity contribution in [1.29, 1.82) is 0 Å². The number of carbonyl (C=O) groups is 1. The van der Waals surface area contributed by atoms with E-state index >= 15 is 0 Å². The zero-order valence-electron chi connectivity index (χ0n) is 11.7. The fourth-order valence-corrected chi connectivity index (χ4v) is 3.73. The molecule has 3 nitrogen and oxygen atoms in total. The van der Waals surface area contributed by atoms with Gasteiger partial charge in [-0.25, -0.2) is 0 Å². The Morgan fingerprint density at radius 1 is 1.47 bits per heavy atom. The van der Waals surface area contributed by atoms with Crippen LogP contribution in [0.1, 0.15) is 56.4 Å². The van der Waals surface area contributed by atoms with Crippen molar-refractivity contribution >= 4 is 17.2 Å². The fraction of sp³-hybridized carbons (Fsp3) is 0.667. The van der Waals surface area contributed by atoms with Gasteiger partial charge in [-0.15, -0.1) is 11.3 Å². The standard InChI is InChI=1S/C15H24N2OS/c1-12(13-6-5-9-19-13)17-14(18)10-15(11-16)7-3-2-4-8-15/h5-6,9,12H,2-4,7-8,10-11,16H2,1H3,(H,17,18)/t12-/m1/s1. The largest absolute Gasteiger partial charge is 0.349 e. The molecule has 0 spiro atoms. The molecule has 1 aliphatic carbocycles. The quantitative estimate of drug-likeness (QED) is 0.870. The molecule has 0 radical (unpaired) electrons. The first-order chi connectivity index (χ1) is 9.15. The minimum absolute atomic E-state index is 0.0531. The van der Waals surface area contributed by atoms with E-state index < -0.39 is 0 Å². The molecular formula is C15H24N2OS. The van der Waals surface area contributed by atoms with Gasteiger partial charge < -0.3 is 11.1 Å². The molecule has 0 aliphatic heterocycles. The maximum absolute atomic E-state index is 12.2. The summed E-state index contributed by atoms with van der Waals surface area (Å²) in [5, 5.41) is 5.15. The Balaban J connectivity index is 1.89. The van der Waals surface area contributed by atoms with Gasteiger partial charge in [0.05, 0.1) is 6.04 Å². The van der Waals surface area contributed by atoms with Gasteiger partial charge in [-0.2, -0.15) is 0 Å². The van der Waals surface area contributed by atoms with Crippen LogP contribution in [0.4, 0.5) is 0 Å². The van der Waals surface area contributed by atoms with Crippen LogP contribution in [-0.2, 0) is 4.79 Å². The lowest BCUT2D eigenvalue weighted by molar-refractivity contribution is -0.124. The lowest BCUT2D eigenvalue weighted by Gasteiger charge is -2.35. The Bertz CT molecular complexity index is 396. The van der Waals surface area contributed by atoms with E-state index in [0.717, 1.165) is 12.8 Å². The number of rotatable bonds is 5. The third kappa shape index (κ3) is 3.80. The molecule has 1 aromatic heterocycles. The molecule has 0 unspecified atom stereocenters. The van der Waals surface area contributed by atoms with E-state index in [4.69, 9.17) is 5.73 Å². The molecule has 4 heteroatoms. The number of carbonyl (C=O) groups excluding carboxylic acids is 1. The van der Waals surface area contributed by atoms with Gasteiger partial charge in [0.2, 0.25) is 5.91 Å². The Morgan fingerprint density at radius 3 is 2.79 bits per heavy atom. The Kier molecular flexibility index (Phi) is 4.99. The van der Waals surface area contributed by atoms with Gasteiger partial charge in [0.25, 0.3) is 0 Å². The lowest BCUT2D eigenvalue weighted by Crippen LogP contribution is -2.39. The van der Waals surface area contributed by atoms with E-state index in [2.05, 4.69) is 11.4 Å². The van der Waals surface area contributed by atoms with Crippen LogP contribution >= 0.6 is 11.3 Å². The van der Waals surface area contributed by atoms with Crippen molar-refractivity contribution in [3.63, 3.8) is 0 Å². The molecule has 106 valence electrons. The third-order valence-corrected chi connectivity index (χ3v) is 5.29. The van der Waals surface area contributed by atoms with E-state index in [9.17, 15) is 4.79 Å². The average Bonchev–Trinajstić information content (AvgIpc) is 2.93. The van der Waals surface area contributed by atoms with E-state index in [-0.39, 0.29) is 17.4 Å². The number of amides is 1. The summed E-state index contributed by atoms with van der Waals surface area (Å²) in [4.78, 5) is 13.4. The van der Waals surface area contributed by atoms with Crippen LogP contribution in [0.15, 0.2) is 17.5 Å². The summed E-state index contributed by atoms with van der Waals surface area (Å²) in [7, 11) is 0. The zero-order valence-corrected chi connectivity index (χ0v) is 12.5. The van der Waals surface area contributed by atoms with E-state index in [1.54, 1.807) is 11.3 Å². The van der Waals surface area contributed by atoms with Crippen molar-refractivity contribution < 1.29 is 4.79 Å². The van der Waals surface area contributed by atoms with Crippen LogP contribution in [0.3, 0.4) is 0 Å². The van der Waals surface area contributed by atoms with Crippen LogP contribution in [0.5, 0.6) is 0 Å². The Labute approximate surface area is 119 Å². The van der Waals surface area contributed by atoms with Gasteiger partial charge in [0.15, 0.2) is 0 Å². The summed E-state index contributed by atoms with van der Waals surface area (Å²) < 4.78 is 0. The number of nitrogens with two attached hydrogens (primary N) is 1. The normalized spacial score (nSPS) is 19.9. The molecule has 2 rings (SSSR count). The smallest absolute Gasteiger partial charge is 0.221 e. The second kappa shape index (κ2) is 6.53. The molecule has 3 N–H and O–H groups in total. The first-order valence-corrected chi connectivity index (χ1v) is 8.06. The van der Waals surface area contributed by atoms with E-state index in [1.807, 2.05) is 18.4 Å². The lowest BCUT2D eigenvalue weighted by atomic mass is 9.71. The summed E-state index contributed by atoms with van der Waals surface area (Å²) in [5.41, 5.74) is 5.99. The highest BCUT2D eigenvalue weighted by Crippen LogP contribution is 2.38. The number of hydrogen-bond acceptors (Lipinski definition) is 3. The third-order valence-electron chi connectivity index (χ3n) is 4.23. The molecule has 1 atom stereocenters. The van der Waals surface area contributed by atoms with Crippen molar-refractivity contribution in [2.75, 3.05) is 6.54 Å². The van der Waals surface area contributed by atoms with Crippen LogP contribution in [0.25, 0.3) is 0 Å². The Hall–Kier alpha value is -0.870. The molecule has 1 aliphatic rings. The molecule has 19 heavy (non-hydrogen) atoms. The van der Waals surface area contributed by atoms with E-state index in [0.29, 0.717) is 13.0 Å². The van der Waals surface area contributed by atoms with Crippen LogP contribution in [-0.4, -0.2) is 12.5 Å². The van der Waals surface area contributed by atoms with Gasteiger partial charge in [-0.3, -0.25) is 4.79 Å². The second-order valence-electron chi connectivity index (χ2n) is 5.75. The highest BCUT2D eigenvalue weighted by molar-refractivity contribution is 7.10. The molecule has 1 amide bonds. The number of thiophene rings is 1. The van der Waals surface area contributed by atoms with Crippen molar-refractivity contribution in [2.45, 2.75) is 51.5 Å². The Morgan fingerprint density at radius 2 is 2.21 bits per heavy atom. The van der Waals surface area contributed by atoms with E-state index in [1.165, 1.54) is 24.1 Å². The molecule has 1 aromatic rings. The second-order valence-corrected chi connectivity index (χ2v) is 6.73. The topological polar surface area (TPSA) is 55.1 Å². The maximum Gasteiger partial charge on any atom is 0.221 e. The summed E-state index contributed by atoms with van der Waals surface area (Å²) in [6.45, 7) is 2.67. The monoisotopic (exact) mass is 280 g/mol. The van der Waals surface area contributed by atoms with Gasteiger partial charge >= 0.3 is 0 Å². The van der Waals surface area contributed by atoms with Crippen LogP contribution < -0.4 is 11.1 Å². The summed E-state index contributed by atoms with van der Waals surface area (Å²) in [6, 6.07) is 4.19. The molecule has 0 aromatic carbocycles. The first-order valence-electron chi connectivity index (χ1n) is 7.18. The van der Waals surface area contributed by atoms with Crippen LogP contribution in [0.2, 0.25) is 0 Å². The first kappa shape index (κ1) is 14.5. The summed E-state index contributed by atoms with van der Waals surface area (Å²) in [6.07, 6.45) is 6.50. The van der Waals surface area contributed by atoms with Crippen molar-refractivity contribution in [3.8, 4) is 0 Å². The molecule has 1 heterocycles. The minimum Gasteiger partial charge on any atom is -0.349 e. The number of hydrogen-bond donors (Lipinski definition) is 2. The van der Waals surface area contributed by atoms with Gasteiger partial charge in [-0.05, 0) is 43.2 Å². The fourth-order valence-electron chi connectivity index (χ4n) is 3.00. The summed E-state index contributed by atoms with van der Waals surface area (Å²) in [5.74, 6) is 0.147. The van der Waals surface area contributed by atoms with Gasteiger partial charge in [0.1, 0.15) is 0 Å². The predicted molar refractivity (Wildman–Crippen MR) is 80.1 cm³/mol. The number of nitrogens with one attached hydrogen (secondary N) is 1.